The number of nitrogens with one attached hydrogen (secondary N) is 2. The van der Waals surface area contributed by atoms with Crippen LogP contribution in [-0.4, -0.2) is 84.3 Å². The molecule has 10 rings (SSSR count). The lowest BCUT2D eigenvalue weighted by molar-refractivity contribution is -0.149. The number of aromatic nitrogens is 4. The van der Waals surface area contributed by atoms with E-state index in [4.69, 9.17) is 19.4 Å². The van der Waals surface area contributed by atoms with Crippen LogP contribution in [0.4, 0.5) is 4.79 Å². The fourth-order valence-corrected chi connectivity index (χ4v) is 10.5. The summed E-state index contributed by atoms with van der Waals surface area (Å²) in [6.45, 7) is 3.01. The third-order valence-corrected chi connectivity index (χ3v) is 13.4. The number of benzene rings is 3. The van der Waals surface area contributed by atoms with Crippen LogP contribution in [0.3, 0.4) is 0 Å². The summed E-state index contributed by atoms with van der Waals surface area (Å²) in [7, 11) is 0. The predicted octanol–water partition coefficient (Wildman–Crippen LogP) is 8.32. The van der Waals surface area contributed by atoms with E-state index in [1.807, 2.05) is 4.90 Å². The summed E-state index contributed by atoms with van der Waals surface area (Å²) in [5.41, 5.74) is 8.26. The van der Waals surface area contributed by atoms with Crippen molar-refractivity contribution in [2.24, 2.45) is 0 Å². The molecule has 11 heteroatoms. The Balaban J connectivity index is 0.850. The topological polar surface area (TPSA) is 116 Å². The minimum Gasteiger partial charge on any atom is -0.368 e. The molecule has 5 atom stereocenters. The molecule has 6 heterocycles. The van der Waals surface area contributed by atoms with Gasteiger partial charge in [-0.1, -0.05) is 36.4 Å². The molecule has 5 aromatic rings. The molecular formula is C41H44N6O4S. The van der Waals surface area contributed by atoms with Crippen LogP contribution in [0.1, 0.15) is 87.8 Å². The highest BCUT2D eigenvalue weighted by Crippen LogP contribution is 2.55. The van der Waals surface area contributed by atoms with Gasteiger partial charge in [-0.2, -0.15) is 0 Å². The molecule has 0 bridgehead atoms. The highest BCUT2D eigenvalue weighted by molar-refractivity contribution is 8.13. The number of thioether (sulfide) groups is 1. The smallest absolute Gasteiger partial charge is 0.284 e. The van der Waals surface area contributed by atoms with E-state index >= 15 is 0 Å². The van der Waals surface area contributed by atoms with E-state index in [1.165, 1.54) is 11.8 Å². The van der Waals surface area contributed by atoms with Crippen molar-refractivity contribution in [2.75, 3.05) is 26.3 Å². The Bertz CT molecular complexity index is 2150. The summed E-state index contributed by atoms with van der Waals surface area (Å²) in [6.07, 6.45) is 9.55. The number of amides is 2. The molecule has 5 fully saturated rings. The van der Waals surface area contributed by atoms with E-state index in [1.54, 1.807) is 0 Å². The van der Waals surface area contributed by atoms with Gasteiger partial charge in [0.15, 0.2) is 0 Å². The third-order valence-electron chi connectivity index (χ3n) is 12.3. The molecule has 2 N–H and O–H groups in total. The van der Waals surface area contributed by atoms with Gasteiger partial charge >= 0.3 is 0 Å². The van der Waals surface area contributed by atoms with E-state index in [2.05, 4.69) is 75.5 Å². The number of hydrogen-bond donors (Lipinski definition) is 2. The molecule has 1 spiro atoms. The lowest BCUT2D eigenvalue weighted by atomic mass is 9.64. The van der Waals surface area contributed by atoms with Gasteiger partial charge < -0.3 is 29.2 Å². The predicted molar refractivity (Wildman–Crippen MR) is 202 cm³/mol. The van der Waals surface area contributed by atoms with Crippen molar-refractivity contribution in [2.45, 2.75) is 93.2 Å². The minimum absolute atomic E-state index is 0.0243. The molecule has 3 aromatic carbocycles. The number of carbonyl (C=O) groups is 2. The molecule has 5 unspecified atom stereocenters. The second-order valence-corrected chi connectivity index (χ2v) is 16.4. The average molecular weight is 717 g/mol. The second kappa shape index (κ2) is 13.0. The Kier molecular flexibility index (Phi) is 8.14. The van der Waals surface area contributed by atoms with Crippen LogP contribution < -0.4 is 0 Å². The van der Waals surface area contributed by atoms with Gasteiger partial charge in [0.1, 0.15) is 23.2 Å². The van der Waals surface area contributed by atoms with Gasteiger partial charge in [0.2, 0.25) is 0 Å². The SMILES string of the molecule is O=C(SC1CCCO1)N1CCCC1c1nc2ccc(-c3ccc(-c4ccc5nc(C6CCC67CCCN7C(=O)C6CCCO6)[nH]c5c4)cc3)cc2[nH]1. The van der Waals surface area contributed by atoms with Crippen LogP contribution in [0.15, 0.2) is 60.7 Å². The first-order chi connectivity index (χ1) is 25.5. The summed E-state index contributed by atoms with van der Waals surface area (Å²) in [5.74, 6) is 2.28. The monoisotopic (exact) mass is 716 g/mol. The van der Waals surface area contributed by atoms with E-state index in [-0.39, 0.29) is 40.2 Å². The van der Waals surface area contributed by atoms with E-state index in [0.29, 0.717) is 6.61 Å². The molecule has 2 aromatic heterocycles. The normalized spacial score (nSPS) is 27.4. The highest BCUT2D eigenvalue weighted by Gasteiger charge is 2.57. The highest BCUT2D eigenvalue weighted by atomic mass is 32.2. The number of likely N-dealkylation sites (tertiary alicyclic amines) is 2. The fraction of sp³-hybridized carbons (Fsp3) is 0.463. The van der Waals surface area contributed by atoms with Gasteiger partial charge in [0, 0.05) is 32.2 Å². The van der Waals surface area contributed by atoms with Crippen molar-refractivity contribution in [3.05, 3.63) is 72.3 Å². The first kappa shape index (κ1) is 32.5. The van der Waals surface area contributed by atoms with Gasteiger partial charge in [0.05, 0.1) is 33.6 Å². The second-order valence-electron chi connectivity index (χ2n) is 15.3. The molecule has 268 valence electrons. The zero-order valence-electron chi connectivity index (χ0n) is 29.3. The minimum atomic E-state index is -0.269. The Hall–Kier alpha value is -4.19. The Morgan fingerprint density at radius 2 is 1.38 bits per heavy atom. The Labute approximate surface area is 307 Å². The molecule has 0 radical (unpaired) electrons. The van der Waals surface area contributed by atoms with Crippen LogP contribution in [0.5, 0.6) is 0 Å². The van der Waals surface area contributed by atoms with E-state index in [0.717, 1.165) is 140 Å². The molecule has 4 aliphatic heterocycles. The molecule has 52 heavy (non-hydrogen) atoms. The van der Waals surface area contributed by atoms with Crippen molar-refractivity contribution in [3.63, 3.8) is 0 Å². The van der Waals surface area contributed by atoms with Gasteiger partial charge in [-0.25, -0.2) is 9.97 Å². The van der Waals surface area contributed by atoms with Gasteiger partial charge in [0.25, 0.3) is 11.1 Å². The van der Waals surface area contributed by atoms with Crippen LogP contribution in [-0.2, 0) is 14.3 Å². The zero-order chi connectivity index (χ0) is 34.8. The van der Waals surface area contributed by atoms with Crippen LogP contribution in [0.25, 0.3) is 44.3 Å². The van der Waals surface area contributed by atoms with Gasteiger partial charge in [-0.05, 0) is 122 Å². The van der Waals surface area contributed by atoms with Crippen LogP contribution in [0, 0.1) is 0 Å². The number of hydrogen-bond acceptors (Lipinski definition) is 7. The Morgan fingerprint density at radius 1 is 0.712 bits per heavy atom. The summed E-state index contributed by atoms with van der Waals surface area (Å²) in [5, 5.41) is 0.0910. The maximum atomic E-state index is 13.5. The first-order valence-electron chi connectivity index (χ1n) is 19.1. The summed E-state index contributed by atoms with van der Waals surface area (Å²) >= 11 is 1.33. The standard InChI is InChI=1S/C41H44N6O4S/c48-39(35-6-2-21-50-35)47-20-4-17-41(47)18-16-29(41)37-42-30-14-12-27(23-32(30)44-37)25-8-10-26(11-9-25)28-13-15-31-33(24-28)45-38(43-31)34-5-1-19-46(34)40(49)52-36-7-3-22-51-36/h8-15,23-24,29,34-36H,1-7,16-22H2,(H,42,44)(H,43,45). The van der Waals surface area contributed by atoms with Crippen molar-refractivity contribution in [1.29, 1.82) is 0 Å². The van der Waals surface area contributed by atoms with E-state index < -0.39 is 0 Å². The van der Waals surface area contributed by atoms with Crippen molar-refractivity contribution >= 4 is 45.0 Å². The quantitative estimate of drug-likeness (QED) is 0.182. The third kappa shape index (κ3) is 5.54. The maximum Gasteiger partial charge on any atom is 0.284 e. The number of carbonyl (C=O) groups excluding carboxylic acids is 2. The van der Waals surface area contributed by atoms with Crippen molar-refractivity contribution < 1.29 is 19.1 Å². The number of ether oxygens (including phenoxy) is 2. The molecule has 4 saturated heterocycles. The number of fused-ring (bicyclic) bond motifs is 2. The van der Waals surface area contributed by atoms with E-state index in [9.17, 15) is 9.59 Å². The molecule has 1 saturated carbocycles. The first-order valence-corrected chi connectivity index (χ1v) is 20.0. The van der Waals surface area contributed by atoms with Gasteiger partial charge in [-0.15, -0.1) is 0 Å². The molecule has 1 aliphatic carbocycles. The summed E-state index contributed by atoms with van der Waals surface area (Å²) in [4.78, 5) is 47.9. The summed E-state index contributed by atoms with van der Waals surface area (Å²) in [6, 6.07) is 21.5. The fourth-order valence-electron chi connectivity index (χ4n) is 9.50. The van der Waals surface area contributed by atoms with Crippen LogP contribution >= 0.6 is 11.8 Å². The van der Waals surface area contributed by atoms with Crippen molar-refractivity contribution in [1.82, 2.24) is 29.7 Å². The van der Waals surface area contributed by atoms with Crippen LogP contribution in [0.2, 0.25) is 0 Å². The molecule has 10 nitrogen and oxygen atoms in total. The van der Waals surface area contributed by atoms with Crippen molar-refractivity contribution in [3.8, 4) is 22.3 Å². The number of aromatic amines is 2. The Morgan fingerprint density at radius 3 is 2.04 bits per heavy atom. The maximum absolute atomic E-state index is 13.5. The van der Waals surface area contributed by atoms with Gasteiger partial charge in [-0.3, -0.25) is 9.59 Å². The molecule has 2 amide bonds. The lowest BCUT2D eigenvalue weighted by Gasteiger charge is -2.52. The number of rotatable bonds is 6. The lowest BCUT2D eigenvalue weighted by Crippen LogP contribution is -2.59. The largest absolute Gasteiger partial charge is 0.368 e. The summed E-state index contributed by atoms with van der Waals surface area (Å²) < 4.78 is 11.5. The zero-order valence-corrected chi connectivity index (χ0v) is 30.1. The molecular weight excluding hydrogens is 673 g/mol. The number of imidazole rings is 2. The average Bonchev–Trinajstić information content (AvgIpc) is 4.01. The number of nitrogens with zero attached hydrogens (tertiary/aromatic N) is 4. The number of H-pyrrole nitrogens is 2. The molecule has 5 aliphatic rings.